The lowest BCUT2D eigenvalue weighted by Crippen LogP contribution is -2.36. The molecule has 1 fully saturated rings. The van der Waals surface area contributed by atoms with Crippen LogP contribution < -0.4 is 15.2 Å². The maximum Gasteiger partial charge on any atom is 0.329 e. The number of amides is 1. The number of likely N-dealkylation sites (tertiary alicyclic amines) is 1. The van der Waals surface area contributed by atoms with Crippen LogP contribution in [0.25, 0.3) is 11.0 Å². The van der Waals surface area contributed by atoms with E-state index in [0.717, 1.165) is 35.9 Å². The highest BCUT2D eigenvalue weighted by molar-refractivity contribution is 5.81. The third kappa shape index (κ3) is 3.80. The van der Waals surface area contributed by atoms with Gasteiger partial charge in [0.15, 0.2) is 0 Å². The van der Waals surface area contributed by atoms with E-state index >= 15 is 0 Å². The fourth-order valence-electron chi connectivity index (χ4n) is 4.57. The van der Waals surface area contributed by atoms with Crippen LogP contribution in [-0.4, -0.2) is 40.7 Å². The molecule has 1 aliphatic rings. The molecule has 1 unspecified atom stereocenters. The van der Waals surface area contributed by atoms with Gasteiger partial charge >= 0.3 is 5.69 Å². The fourth-order valence-corrected chi connectivity index (χ4v) is 4.57. The normalized spacial score (nSPS) is 16.1. The van der Waals surface area contributed by atoms with Gasteiger partial charge in [0.1, 0.15) is 18.0 Å². The van der Waals surface area contributed by atoms with Gasteiger partial charge < -0.3 is 14.4 Å². The van der Waals surface area contributed by atoms with Crippen LogP contribution in [0.1, 0.15) is 37.8 Å². The van der Waals surface area contributed by atoms with Crippen LogP contribution in [0.5, 0.6) is 11.5 Å². The van der Waals surface area contributed by atoms with Crippen molar-refractivity contribution >= 4 is 16.9 Å². The van der Waals surface area contributed by atoms with Crippen LogP contribution in [0.3, 0.4) is 0 Å². The van der Waals surface area contributed by atoms with E-state index in [1.54, 1.807) is 23.4 Å². The van der Waals surface area contributed by atoms with Crippen molar-refractivity contribution in [1.29, 1.82) is 0 Å². The number of imidazole rings is 1. The summed E-state index contributed by atoms with van der Waals surface area (Å²) in [7, 11) is 3.24. The minimum atomic E-state index is -0.130. The summed E-state index contributed by atoms with van der Waals surface area (Å²) in [4.78, 5) is 28.3. The average molecular weight is 424 g/mol. The first kappa shape index (κ1) is 21.0. The summed E-state index contributed by atoms with van der Waals surface area (Å²) in [5.74, 6) is 1.37. The summed E-state index contributed by atoms with van der Waals surface area (Å²) >= 11 is 0. The fraction of sp³-hybridized carbons (Fsp3) is 0.417. The van der Waals surface area contributed by atoms with Crippen molar-refractivity contribution < 1.29 is 14.3 Å². The number of aryl methyl sites for hydroxylation is 1. The summed E-state index contributed by atoms with van der Waals surface area (Å²) in [6.45, 7) is 3.38. The van der Waals surface area contributed by atoms with E-state index in [1.165, 1.54) is 0 Å². The lowest BCUT2D eigenvalue weighted by atomic mass is 10.0. The number of ether oxygens (including phenoxy) is 2. The molecule has 0 spiro atoms. The van der Waals surface area contributed by atoms with Crippen molar-refractivity contribution in [2.75, 3.05) is 20.8 Å². The molecule has 4 rings (SSSR count). The molecule has 7 heteroatoms. The molecule has 0 saturated carbocycles. The first-order valence-corrected chi connectivity index (χ1v) is 10.8. The number of para-hydroxylation sites is 2. The molecule has 1 saturated heterocycles. The molecule has 1 aliphatic heterocycles. The first-order chi connectivity index (χ1) is 15.1. The van der Waals surface area contributed by atoms with Crippen molar-refractivity contribution in [2.45, 2.75) is 45.3 Å². The molecule has 7 nitrogen and oxygen atoms in total. The lowest BCUT2D eigenvalue weighted by Gasteiger charge is -2.26. The van der Waals surface area contributed by atoms with Gasteiger partial charge in [0, 0.05) is 24.7 Å². The summed E-state index contributed by atoms with van der Waals surface area (Å²) in [5, 5.41) is 0. The predicted molar refractivity (Wildman–Crippen MR) is 120 cm³/mol. The standard InChI is InChI=1S/C24H29N3O4/c1-4-13-26-20-8-5-6-9-21(20)27(24(26)29)16-23(28)25-14-7-10-19(25)18-12-11-17(30-2)15-22(18)31-3/h5-6,8-9,11-12,15,19H,4,7,10,13-14,16H2,1-3H3. The predicted octanol–water partition coefficient (Wildman–Crippen LogP) is 3.59. The van der Waals surface area contributed by atoms with Crippen molar-refractivity contribution in [2.24, 2.45) is 0 Å². The van der Waals surface area contributed by atoms with Crippen LogP contribution in [-0.2, 0) is 17.9 Å². The van der Waals surface area contributed by atoms with Crippen molar-refractivity contribution in [3.05, 3.63) is 58.5 Å². The van der Waals surface area contributed by atoms with Gasteiger partial charge in [-0.15, -0.1) is 0 Å². The Morgan fingerprint density at radius 1 is 1.06 bits per heavy atom. The second kappa shape index (κ2) is 8.88. The zero-order valence-corrected chi connectivity index (χ0v) is 18.3. The van der Waals surface area contributed by atoms with Gasteiger partial charge in [-0.1, -0.05) is 19.1 Å². The minimum absolute atomic E-state index is 0.0328. The maximum absolute atomic E-state index is 13.4. The van der Waals surface area contributed by atoms with E-state index in [-0.39, 0.29) is 24.2 Å². The molecular weight excluding hydrogens is 394 g/mol. The van der Waals surface area contributed by atoms with E-state index < -0.39 is 0 Å². The van der Waals surface area contributed by atoms with Crippen molar-refractivity contribution in [3.63, 3.8) is 0 Å². The number of carbonyl (C=O) groups is 1. The van der Waals surface area contributed by atoms with Crippen molar-refractivity contribution in [1.82, 2.24) is 14.0 Å². The Morgan fingerprint density at radius 3 is 2.48 bits per heavy atom. The summed E-state index contributed by atoms with van der Waals surface area (Å²) in [6.07, 6.45) is 2.63. The molecule has 0 aliphatic carbocycles. The quantitative estimate of drug-likeness (QED) is 0.583. The Morgan fingerprint density at radius 2 is 1.81 bits per heavy atom. The highest BCUT2D eigenvalue weighted by Crippen LogP contribution is 2.38. The van der Waals surface area contributed by atoms with Crippen LogP contribution >= 0.6 is 0 Å². The highest BCUT2D eigenvalue weighted by atomic mass is 16.5. The number of methoxy groups -OCH3 is 2. The van der Waals surface area contributed by atoms with Crippen LogP contribution in [0, 0.1) is 0 Å². The average Bonchev–Trinajstić information content (AvgIpc) is 3.38. The van der Waals surface area contributed by atoms with Gasteiger partial charge in [0.2, 0.25) is 5.91 Å². The first-order valence-electron chi connectivity index (χ1n) is 10.8. The Kier molecular flexibility index (Phi) is 6.02. The van der Waals surface area contributed by atoms with E-state index in [1.807, 2.05) is 54.3 Å². The number of carbonyl (C=O) groups excluding carboxylic acids is 1. The van der Waals surface area contributed by atoms with E-state index in [0.29, 0.717) is 24.6 Å². The molecule has 164 valence electrons. The third-order valence-corrected chi connectivity index (χ3v) is 6.04. The Bertz CT molecular complexity index is 1150. The summed E-state index contributed by atoms with van der Waals surface area (Å²) < 4.78 is 14.2. The smallest absolute Gasteiger partial charge is 0.329 e. The molecule has 2 heterocycles. The zero-order valence-electron chi connectivity index (χ0n) is 18.3. The van der Waals surface area contributed by atoms with Crippen molar-refractivity contribution in [3.8, 4) is 11.5 Å². The van der Waals surface area contributed by atoms with Crippen LogP contribution in [0.4, 0.5) is 0 Å². The molecule has 31 heavy (non-hydrogen) atoms. The molecule has 2 aromatic carbocycles. The van der Waals surface area contributed by atoms with E-state index in [9.17, 15) is 9.59 Å². The minimum Gasteiger partial charge on any atom is -0.497 e. The monoisotopic (exact) mass is 423 g/mol. The van der Waals surface area contributed by atoms with Gasteiger partial charge in [-0.05, 0) is 43.5 Å². The van der Waals surface area contributed by atoms with Gasteiger partial charge in [0.25, 0.3) is 0 Å². The second-order valence-electron chi connectivity index (χ2n) is 7.86. The summed E-state index contributed by atoms with van der Waals surface area (Å²) in [5.41, 5.74) is 2.51. The number of rotatable bonds is 7. The van der Waals surface area contributed by atoms with Gasteiger partial charge in [-0.25, -0.2) is 4.79 Å². The molecule has 1 atom stereocenters. The van der Waals surface area contributed by atoms with Gasteiger partial charge in [0.05, 0.1) is 31.3 Å². The number of hydrogen-bond acceptors (Lipinski definition) is 4. The lowest BCUT2D eigenvalue weighted by molar-refractivity contribution is -0.132. The van der Waals surface area contributed by atoms with Crippen LogP contribution in [0.15, 0.2) is 47.3 Å². The summed E-state index contributed by atoms with van der Waals surface area (Å²) in [6, 6.07) is 13.3. The molecular formula is C24H29N3O4. The Balaban J connectivity index is 1.65. The molecule has 1 amide bonds. The number of benzene rings is 2. The number of aromatic nitrogens is 2. The topological polar surface area (TPSA) is 65.7 Å². The Hall–Kier alpha value is -3.22. The second-order valence-corrected chi connectivity index (χ2v) is 7.86. The third-order valence-electron chi connectivity index (χ3n) is 6.04. The number of nitrogens with zero attached hydrogens (tertiary/aromatic N) is 3. The Labute approximate surface area is 181 Å². The van der Waals surface area contributed by atoms with E-state index in [4.69, 9.17) is 9.47 Å². The molecule has 0 N–H and O–H groups in total. The zero-order chi connectivity index (χ0) is 22.0. The van der Waals surface area contributed by atoms with Gasteiger partial charge in [-0.3, -0.25) is 13.9 Å². The van der Waals surface area contributed by atoms with E-state index in [2.05, 4.69) is 0 Å². The molecule has 1 aromatic heterocycles. The maximum atomic E-state index is 13.4. The number of hydrogen-bond donors (Lipinski definition) is 0. The SMILES string of the molecule is CCCn1c(=O)n(CC(=O)N2CCCC2c2ccc(OC)cc2OC)c2ccccc21. The molecule has 0 radical (unpaired) electrons. The number of fused-ring (bicyclic) bond motifs is 1. The largest absolute Gasteiger partial charge is 0.497 e. The molecule has 0 bridgehead atoms. The van der Waals surface area contributed by atoms with Crippen LogP contribution in [0.2, 0.25) is 0 Å². The highest BCUT2D eigenvalue weighted by Gasteiger charge is 2.32. The van der Waals surface area contributed by atoms with Gasteiger partial charge in [-0.2, -0.15) is 0 Å². The molecule has 3 aromatic rings.